The number of carbonyl (C=O) groups excluding carboxylic acids is 1. The second-order valence-electron chi connectivity index (χ2n) is 11.5. The summed E-state index contributed by atoms with van der Waals surface area (Å²) in [5.41, 5.74) is 24.0. The average Bonchev–Trinajstić information content (AvgIpc) is 2.98. The number of hydrogen-bond acceptors (Lipinski definition) is 17. The Morgan fingerprint density at radius 1 is 0.977 bits per heavy atom. The van der Waals surface area contributed by atoms with Crippen molar-refractivity contribution in [1.82, 2.24) is 10.4 Å². The van der Waals surface area contributed by atoms with Crippen LogP contribution in [0.3, 0.4) is 0 Å². The maximum atomic E-state index is 12.7. The molecule has 1 saturated carbocycles. The number of ether oxygens (including phenoxy) is 4. The number of carbonyl (C=O) groups is 1. The molecule has 0 spiro atoms. The van der Waals surface area contributed by atoms with Crippen LogP contribution in [0, 0.1) is 5.92 Å². The highest BCUT2D eigenvalue weighted by Gasteiger charge is 2.51. The maximum absolute atomic E-state index is 12.7. The van der Waals surface area contributed by atoms with Crippen LogP contribution in [0.2, 0.25) is 0 Å². The van der Waals surface area contributed by atoms with Crippen molar-refractivity contribution in [1.29, 1.82) is 0 Å². The Morgan fingerprint density at radius 3 is 2.33 bits per heavy atom. The zero-order valence-electron chi connectivity index (χ0n) is 24.1. The molecular formula is C25H50N6O12. The molecule has 3 fully saturated rings. The molecular weight excluding hydrogens is 576 g/mol. The van der Waals surface area contributed by atoms with Gasteiger partial charge in [0.2, 0.25) is 5.91 Å². The molecule has 0 aromatic rings. The molecule has 0 bridgehead atoms. The van der Waals surface area contributed by atoms with E-state index in [4.69, 9.17) is 47.0 Å². The third kappa shape index (κ3) is 9.42. The Labute approximate surface area is 249 Å². The molecule has 14 atom stereocenters. The van der Waals surface area contributed by atoms with E-state index in [1.165, 1.54) is 0 Å². The number of nitrogens with one attached hydrogen (secondary N) is 1. The first-order valence-corrected chi connectivity index (χ1v) is 14.6. The minimum Gasteiger partial charge on any atom is -0.394 e. The molecule has 2 saturated heterocycles. The molecule has 18 heteroatoms. The van der Waals surface area contributed by atoms with Gasteiger partial charge in [-0.2, -0.15) is 0 Å². The summed E-state index contributed by atoms with van der Waals surface area (Å²) in [7, 11) is 0. The van der Waals surface area contributed by atoms with Crippen LogP contribution in [0.15, 0.2) is 0 Å². The Kier molecular flexibility index (Phi) is 14.3. The van der Waals surface area contributed by atoms with Crippen LogP contribution >= 0.6 is 0 Å². The second kappa shape index (κ2) is 16.9. The highest BCUT2D eigenvalue weighted by atomic mass is 16.7. The third-order valence-corrected chi connectivity index (χ3v) is 8.18. The molecule has 1 aliphatic carbocycles. The summed E-state index contributed by atoms with van der Waals surface area (Å²) in [4.78, 5) is 12.7. The minimum absolute atomic E-state index is 0.00985. The van der Waals surface area contributed by atoms with Gasteiger partial charge >= 0.3 is 0 Å². The van der Waals surface area contributed by atoms with E-state index in [-0.39, 0.29) is 45.2 Å². The van der Waals surface area contributed by atoms with Crippen molar-refractivity contribution in [2.75, 3.05) is 39.4 Å². The number of aliphatic hydroxyl groups is 6. The van der Waals surface area contributed by atoms with Crippen molar-refractivity contribution < 1.29 is 59.6 Å². The number of rotatable bonds is 14. The first-order valence-electron chi connectivity index (χ1n) is 14.6. The summed E-state index contributed by atoms with van der Waals surface area (Å²) < 4.78 is 23.7. The largest absolute Gasteiger partial charge is 0.394 e. The van der Waals surface area contributed by atoms with Gasteiger partial charge in [-0.25, -0.2) is 5.06 Å². The normalized spacial score (nSPS) is 41.1. The van der Waals surface area contributed by atoms with Gasteiger partial charge in [0.15, 0.2) is 12.6 Å². The molecule has 2 heterocycles. The fourth-order valence-electron chi connectivity index (χ4n) is 5.66. The van der Waals surface area contributed by atoms with Gasteiger partial charge in [-0.05, 0) is 25.2 Å². The van der Waals surface area contributed by atoms with Gasteiger partial charge in [0.25, 0.3) is 0 Å². The van der Waals surface area contributed by atoms with E-state index >= 15 is 0 Å². The van der Waals surface area contributed by atoms with Gasteiger partial charge in [-0.1, -0.05) is 0 Å². The molecule has 3 rings (SSSR count). The molecule has 0 aromatic carbocycles. The number of nitrogens with zero attached hydrogens (tertiary/aromatic N) is 1. The SMILES string of the molecule is NCCN(O)C(=O)C[C@@H]1C[C@H](N)C(O[C@H]2O[C@H](CNCC(O)CO)CC[C@H]2N)[C@H](O)[C@H]1O[C@H]1O[C@H](CO)[C@@H](O)[C@H](N)[C@H]1O. The molecule has 18 nitrogen and oxygen atoms in total. The Bertz CT molecular complexity index is 851. The maximum Gasteiger partial charge on any atom is 0.246 e. The predicted molar refractivity (Wildman–Crippen MR) is 147 cm³/mol. The Hall–Kier alpha value is -1.17. The lowest BCUT2D eigenvalue weighted by atomic mass is 9.77. The van der Waals surface area contributed by atoms with Gasteiger partial charge in [0.05, 0.1) is 50.2 Å². The van der Waals surface area contributed by atoms with Gasteiger partial charge in [-0.15, -0.1) is 0 Å². The van der Waals surface area contributed by atoms with Gasteiger partial charge in [0.1, 0.15) is 30.5 Å². The lowest BCUT2D eigenvalue weighted by molar-refractivity contribution is -0.318. The van der Waals surface area contributed by atoms with Crippen molar-refractivity contribution >= 4 is 5.91 Å². The van der Waals surface area contributed by atoms with Crippen molar-refractivity contribution in [2.24, 2.45) is 28.9 Å². The quantitative estimate of drug-likeness (QED) is 0.0630. The fraction of sp³-hybridized carbons (Fsp3) is 0.960. The van der Waals surface area contributed by atoms with E-state index in [0.29, 0.717) is 24.4 Å². The molecule has 2 aliphatic heterocycles. The van der Waals surface area contributed by atoms with E-state index in [9.17, 15) is 35.5 Å². The summed E-state index contributed by atoms with van der Waals surface area (Å²) in [5, 5.41) is 74.1. The number of aliphatic hydroxyl groups excluding tert-OH is 6. The predicted octanol–water partition coefficient (Wildman–Crippen LogP) is -6.43. The molecule has 3 aliphatic rings. The Balaban J connectivity index is 1.76. The molecule has 43 heavy (non-hydrogen) atoms. The second-order valence-corrected chi connectivity index (χ2v) is 11.5. The van der Waals surface area contributed by atoms with Crippen molar-refractivity contribution in [2.45, 2.75) is 105 Å². The third-order valence-electron chi connectivity index (χ3n) is 8.18. The van der Waals surface area contributed by atoms with Crippen molar-refractivity contribution in [3.63, 3.8) is 0 Å². The van der Waals surface area contributed by atoms with Crippen molar-refractivity contribution in [3.8, 4) is 0 Å². The van der Waals surface area contributed by atoms with Crippen molar-refractivity contribution in [3.05, 3.63) is 0 Å². The summed E-state index contributed by atoms with van der Waals surface area (Å²) in [6, 6.07) is -2.65. The number of hydrogen-bond donors (Lipinski definition) is 12. The van der Waals surface area contributed by atoms with E-state index in [1.807, 2.05) is 0 Å². The lowest BCUT2D eigenvalue weighted by Gasteiger charge is -2.48. The number of nitrogens with two attached hydrogens (primary N) is 4. The van der Waals surface area contributed by atoms with Crippen LogP contribution in [0.4, 0.5) is 0 Å². The first-order chi connectivity index (χ1) is 20.4. The number of amides is 1. The average molecular weight is 627 g/mol. The van der Waals surface area contributed by atoms with Gasteiger partial charge in [-0.3, -0.25) is 10.0 Å². The number of hydroxylamine groups is 2. The molecule has 0 aromatic heterocycles. The van der Waals surface area contributed by atoms with Crippen LogP contribution in [0.1, 0.15) is 25.7 Å². The highest BCUT2D eigenvalue weighted by molar-refractivity contribution is 5.75. The molecule has 16 N–H and O–H groups in total. The van der Waals surface area contributed by atoms with E-state index in [1.54, 1.807) is 0 Å². The lowest BCUT2D eigenvalue weighted by Crippen LogP contribution is -2.66. The minimum atomic E-state index is -1.56. The van der Waals surface area contributed by atoms with E-state index < -0.39 is 91.9 Å². The van der Waals surface area contributed by atoms with E-state index in [2.05, 4.69) is 5.32 Å². The summed E-state index contributed by atoms with van der Waals surface area (Å²) in [6.07, 6.45) is -10.9. The van der Waals surface area contributed by atoms with Crippen LogP contribution in [-0.4, -0.2) is 166 Å². The highest BCUT2D eigenvalue weighted by Crippen LogP contribution is 2.36. The van der Waals surface area contributed by atoms with Gasteiger partial charge in [0, 0.05) is 32.1 Å². The summed E-state index contributed by atoms with van der Waals surface area (Å²) in [6.45, 7) is -0.634. The zero-order chi connectivity index (χ0) is 31.8. The zero-order valence-corrected chi connectivity index (χ0v) is 24.1. The summed E-state index contributed by atoms with van der Waals surface area (Å²) >= 11 is 0. The standard InChI is InChI=1S/C25H50N6O12/c26-3-4-31(39)17(35)6-11-5-15(28)23(43-24-14(27)2-1-13(40-24)8-30-7-12(34)9-32)21(38)22(11)42-25-20(37)18(29)19(36)16(10-33)41-25/h11-16,18-25,30,32-34,36-39H,1-10,26-29H2/t11-,12?,13-,14+,15-,16+,18-,19+,20+,21+,22-,23?,24+,25+/m0/s1. The Morgan fingerprint density at radius 2 is 1.67 bits per heavy atom. The van der Waals surface area contributed by atoms with E-state index in [0.717, 1.165) is 0 Å². The fourth-order valence-corrected chi connectivity index (χ4v) is 5.66. The monoisotopic (exact) mass is 626 g/mol. The van der Waals surface area contributed by atoms with Crippen LogP contribution in [0.25, 0.3) is 0 Å². The molecule has 1 amide bonds. The van der Waals surface area contributed by atoms with Crippen LogP contribution in [0.5, 0.6) is 0 Å². The molecule has 252 valence electrons. The summed E-state index contributed by atoms with van der Waals surface area (Å²) in [5.74, 6) is -1.50. The smallest absolute Gasteiger partial charge is 0.246 e. The molecule has 2 unspecified atom stereocenters. The van der Waals surface area contributed by atoms with Gasteiger partial charge < -0.3 is 77.8 Å². The topological polar surface area (TPSA) is 315 Å². The first kappa shape index (κ1) is 36.3. The van der Waals surface area contributed by atoms with Crippen LogP contribution in [-0.2, 0) is 23.7 Å². The van der Waals surface area contributed by atoms with Crippen LogP contribution < -0.4 is 28.3 Å². The molecule has 0 radical (unpaired) electrons.